The molecule has 5 heteroatoms. The number of likely N-dealkylation sites (N-methyl/N-ethyl adjacent to an activating group) is 1. The minimum absolute atomic E-state index is 0.102. The van der Waals surface area contributed by atoms with Crippen LogP contribution in [0.25, 0.3) is 10.8 Å². The van der Waals surface area contributed by atoms with Gasteiger partial charge in [-0.25, -0.2) is 4.79 Å². The average Bonchev–Trinajstić information content (AvgIpc) is 3.00. The second-order valence-corrected chi connectivity index (χ2v) is 6.60. The summed E-state index contributed by atoms with van der Waals surface area (Å²) in [7, 11) is 0. The highest BCUT2D eigenvalue weighted by atomic mass is 16.2. The number of hydrogen-bond donors (Lipinski definition) is 2. The summed E-state index contributed by atoms with van der Waals surface area (Å²) in [6, 6.07) is 19.5. The maximum atomic E-state index is 12.3. The number of nitrogens with one attached hydrogen (secondary N) is 2. The lowest BCUT2D eigenvalue weighted by atomic mass is 10.0. The van der Waals surface area contributed by atoms with E-state index in [0.29, 0.717) is 25.2 Å². The Labute approximate surface area is 158 Å². The highest BCUT2D eigenvalue weighted by Gasteiger charge is 2.25. The molecule has 0 radical (unpaired) electrons. The van der Waals surface area contributed by atoms with E-state index in [1.54, 1.807) is 4.90 Å². The zero-order chi connectivity index (χ0) is 18.8. The van der Waals surface area contributed by atoms with Gasteiger partial charge < -0.3 is 15.5 Å². The minimum atomic E-state index is -0.264. The Bertz CT molecular complexity index is 1020. The molecular weight excluding hydrogens is 338 g/mol. The first-order valence-corrected chi connectivity index (χ1v) is 9.10. The van der Waals surface area contributed by atoms with E-state index in [-0.39, 0.29) is 11.9 Å². The maximum Gasteiger partial charge on any atom is 0.319 e. The Morgan fingerprint density at radius 1 is 1.07 bits per heavy atom. The molecule has 0 unspecified atom stereocenters. The van der Waals surface area contributed by atoms with Gasteiger partial charge in [-0.15, -0.1) is 0 Å². The molecular formula is C22H21N3O2. The van der Waals surface area contributed by atoms with Crippen molar-refractivity contribution >= 4 is 34.1 Å². The quantitative estimate of drug-likeness (QED) is 0.738. The van der Waals surface area contributed by atoms with Crippen LogP contribution in [-0.4, -0.2) is 18.5 Å². The summed E-state index contributed by atoms with van der Waals surface area (Å²) in [5, 5.41) is 8.06. The number of rotatable bonds is 4. The van der Waals surface area contributed by atoms with Gasteiger partial charge >= 0.3 is 6.03 Å². The summed E-state index contributed by atoms with van der Waals surface area (Å²) in [6.07, 6.45) is 0.385. The normalized spacial score (nSPS) is 12.9. The fourth-order valence-electron chi connectivity index (χ4n) is 3.61. The van der Waals surface area contributed by atoms with Crippen molar-refractivity contribution < 1.29 is 9.59 Å². The minimum Gasteiger partial charge on any atom is -0.334 e. The smallest absolute Gasteiger partial charge is 0.319 e. The second kappa shape index (κ2) is 7.11. The van der Waals surface area contributed by atoms with Gasteiger partial charge in [0.1, 0.15) is 0 Å². The van der Waals surface area contributed by atoms with Crippen molar-refractivity contribution in [2.45, 2.75) is 19.9 Å². The van der Waals surface area contributed by atoms with Crippen molar-refractivity contribution in [2.75, 3.05) is 16.8 Å². The van der Waals surface area contributed by atoms with E-state index >= 15 is 0 Å². The van der Waals surface area contributed by atoms with Gasteiger partial charge in [0.15, 0.2) is 0 Å². The van der Waals surface area contributed by atoms with E-state index in [4.69, 9.17) is 0 Å². The lowest BCUT2D eigenvalue weighted by Crippen LogP contribution is -2.28. The standard InChI is InChI=1S/C22H21N3O2/c1-2-25-20-11-10-18(12-17(20)13-21(25)26)24-22(27)23-14-16-8-5-7-15-6-3-4-9-19(15)16/h3-12H,2,13-14H2,1H3,(H2,23,24,27). The molecule has 3 aromatic carbocycles. The molecule has 0 bridgehead atoms. The van der Waals surface area contributed by atoms with Crippen molar-refractivity contribution in [3.05, 3.63) is 71.8 Å². The highest BCUT2D eigenvalue weighted by Crippen LogP contribution is 2.31. The van der Waals surface area contributed by atoms with Gasteiger partial charge in [0.2, 0.25) is 5.91 Å². The molecule has 1 aliphatic rings. The van der Waals surface area contributed by atoms with Gasteiger partial charge in [-0.05, 0) is 47.0 Å². The van der Waals surface area contributed by atoms with Gasteiger partial charge in [0.05, 0.1) is 6.42 Å². The number of amides is 3. The van der Waals surface area contributed by atoms with Crippen molar-refractivity contribution in [1.29, 1.82) is 0 Å². The zero-order valence-electron chi connectivity index (χ0n) is 15.2. The largest absolute Gasteiger partial charge is 0.334 e. The van der Waals surface area contributed by atoms with Crippen LogP contribution in [0.4, 0.5) is 16.2 Å². The second-order valence-electron chi connectivity index (χ2n) is 6.60. The highest BCUT2D eigenvalue weighted by molar-refractivity contribution is 6.02. The van der Waals surface area contributed by atoms with Crippen LogP contribution in [0, 0.1) is 0 Å². The Hall–Kier alpha value is -3.34. The Kier molecular flexibility index (Phi) is 4.50. The third kappa shape index (κ3) is 3.36. The molecule has 136 valence electrons. The number of urea groups is 1. The molecule has 1 heterocycles. The molecule has 3 aromatic rings. The van der Waals surface area contributed by atoms with Crippen LogP contribution in [0.15, 0.2) is 60.7 Å². The summed E-state index contributed by atoms with van der Waals surface area (Å²) >= 11 is 0. The lowest BCUT2D eigenvalue weighted by Gasteiger charge is -2.15. The van der Waals surface area contributed by atoms with E-state index in [2.05, 4.69) is 28.8 Å². The van der Waals surface area contributed by atoms with E-state index in [1.807, 2.05) is 49.4 Å². The molecule has 0 fully saturated rings. The number of benzene rings is 3. The molecule has 4 rings (SSSR count). The molecule has 0 saturated heterocycles. The SMILES string of the molecule is CCN1C(=O)Cc2cc(NC(=O)NCc3cccc4ccccc34)ccc21. The zero-order valence-corrected chi connectivity index (χ0v) is 15.2. The van der Waals surface area contributed by atoms with Gasteiger partial charge in [-0.2, -0.15) is 0 Å². The fourth-order valence-corrected chi connectivity index (χ4v) is 3.61. The first-order valence-electron chi connectivity index (χ1n) is 9.10. The monoisotopic (exact) mass is 359 g/mol. The number of anilines is 2. The molecule has 0 aromatic heterocycles. The van der Waals surface area contributed by atoms with Crippen LogP contribution in [0.2, 0.25) is 0 Å². The van der Waals surface area contributed by atoms with E-state index in [9.17, 15) is 9.59 Å². The van der Waals surface area contributed by atoms with Crippen LogP contribution in [0.3, 0.4) is 0 Å². The van der Waals surface area contributed by atoms with Crippen molar-refractivity contribution in [1.82, 2.24) is 5.32 Å². The number of nitrogens with zero attached hydrogens (tertiary/aromatic N) is 1. The van der Waals surface area contributed by atoms with Gasteiger partial charge in [0, 0.05) is 24.5 Å². The topological polar surface area (TPSA) is 61.4 Å². The van der Waals surface area contributed by atoms with Crippen LogP contribution < -0.4 is 15.5 Å². The predicted molar refractivity (Wildman–Crippen MR) is 108 cm³/mol. The molecule has 0 spiro atoms. The van der Waals surface area contributed by atoms with E-state index < -0.39 is 0 Å². The molecule has 3 amide bonds. The van der Waals surface area contributed by atoms with Crippen LogP contribution >= 0.6 is 0 Å². The third-order valence-electron chi connectivity index (χ3n) is 4.91. The van der Waals surface area contributed by atoms with Crippen LogP contribution in [0.1, 0.15) is 18.1 Å². The van der Waals surface area contributed by atoms with Crippen LogP contribution in [-0.2, 0) is 17.8 Å². The number of carbonyl (C=O) groups is 2. The maximum absolute atomic E-state index is 12.3. The summed E-state index contributed by atoms with van der Waals surface area (Å²) in [5.41, 5.74) is 3.65. The number of carbonyl (C=O) groups excluding carboxylic acids is 2. The molecule has 5 nitrogen and oxygen atoms in total. The Balaban J connectivity index is 1.43. The molecule has 0 aliphatic carbocycles. The predicted octanol–water partition coefficient (Wildman–Crippen LogP) is 4.07. The summed E-state index contributed by atoms with van der Waals surface area (Å²) in [5.74, 6) is 0.102. The number of hydrogen-bond acceptors (Lipinski definition) is 2. The molecule has 2 N–H and O–H groups in total. The molecule has 0 saturated carbocycles. The summed E-state index contributed by atoms with van der Waals surface area (Å²) < 4.78 is 0. The van der Waals surface area contributed by atoms with E-state index in [1.165, 1.54) is 0 Å². The molecule has 1 aliphatic heterocycles. The van der Waals surface area contributed by atoms with E-state index in [0.717, 1.165) is 27.6 Å². The van der Waals surface area contributed by atoms with Crippen LogP contribution in [0.5, 0.6) is 0 Å². The number of fused-ring (bicyclic) bond motifs is 2. The summed E-state index contributed by atoms with van der Waals surface area (Å²) in [6.45, 7) is 3.06. The summed E-state index contributed by atoms with van der Waals surface area (Å²) in [4.78, 5) is 26.1. The van der Waals surface area contributed by atoms with Crippen molar-refractivity contribution in [3.63, 3.8) is 0 Å². The first-order chi connectivity index (χ1) is 13.2. The van der Waals surface area contributed by atoms with Crippen molar-refractivity contribution in [3.8, 4) is 0 Å². The Morgan fingerprint density at radius 2 is 1.89 bits per heavy atom. The van der Waals surface area contributed by atoms with Gasteiger partial charge in [-0.1, -0.05) is 42.5 Å². The Morgan fingerprint density at radius 3 is 2.74 bits per heavy atom. The fraction of sp³-hybridized carbons (Fsp3) is 0.182. The lowest BCUT2D eigenvalue weighted by molar-refractivity contribution is -0.117. The average molecular weight is 359 g/mol. The molecule has 0 atom stereocenters. The first kappa shape index (κ1) is 17.1. The van der Waals surface area contributed by atoms with Gasteiger partial charge in [-0.3, -0.25) is 4.79 Å². The third-order valence-corrected chi connectivity index (χ3v) is 4.91. The molecule has 27 heavy (non-hydrogen) atoms. The van der Waals surface area contributed by atoms with Crippen molar-refractivity contribution in [2.24, 2.45) is 0 Å². The van der Waals surface area contributed by atoms with Gasteiger partial charge in [0.25, 0.3) is 0 Å².